The second-order valence-corrected chi connectivity index (χ2v) is 8.99. The van der Waals surface area contributed by atoms with Crippen LogP contribution in [0.1, 0.15) is 37.3 Å². The summed E-state index contributed by atoms with van der Waals surface area (Å²) in [5, 5.41) is 3.65. The van der Waals surface area contributed by atoms with Crippen LogP contribution in [0.4, 0.5) is 10.5 Å². The van der Waals surface area contributed by atoms with Crippen molar-refractivity contribution in [1.82, 2.24) is 10.2 Å². The van der Waals surface area contributed by atoms with E-state index in [-0.39, 0.29) is 24.0 Å². The number of carbonyl (C=O) groups excluding carboxylic acids is 2. The molecule has 1 atom stereocenters. The third-order valence-corrected chi connectivity index (χ3v) is 6.69. The number of likely N-dealkylation sites (tertiary alicyclic amines) is 1. The molecule has 2 aliphatic heterocycles. The van der Waals surface area contributed by atoms with Crippen molar-refractivity contribution in [3.63, 3.8) is 0 Å². The monoisotopic (exact) mass is 455 g/mol. The van der Waals surface area contributed by atoms with Crippen molar-refractivity contribution < 1.29 is 14.3 Å². The molecule has 2 heterocycles. The number of hydrogen-bond donors (Lipinski definition) is 1. The lowest BCUT2D eigenvalue weighted by atomic mass is 9.96. The lowest BCUT2D eigenvalue weighted by Crippen LogP contribution is -2.52. The first kappa shape index (κ1) is 22.5. The zero-order valence-corrected chi connectivity index (χ0v) is 19.4. The SMILES string of the molecule is CC[C@H]1CN(C(=O)N2CCC(C(=O)NCc3ccccc3Cl)CC2)c2cc(C)ccc2O1. The standard InChI is InChI=1S/C25H30ClN3O3/c1-3-20-16-29(22-14-17(2)8-9-23(22)32-20)25(31)28-12-10-18(11-13-28)24(30)27-15-19-6-4-5-7-21(19)26/h4-9,14,18,20H,3,10-13,15-16H2,1-2H3,(H,27,30)/t20-/m0/s1. The van der Waals surface area contributed by atoms with Crippen LogP contribution in [0.25, 0.3) is 0 Å². The van der Waals surface area contributed by atoms with Gasteiger partial charge in [0, 0.05) is 30.6 Å². The molecule has 2 aromatic rings. The Morgan fingerprint density at radius 1 is 1.16 bits per heavy atom. The number of ether oxygens (including phenoxy) is 1. The summed E-state index contributed by atoms with van der Waals surface area (Å²) in [5.41, 5.74) is 2.83. The van der Waals surface area contributed by atoms with E-state index >= 15 is 0 Å². The smallest absolute Gasteiger partial charge is 0.324 e. The van der Waals surface area contributed by atoms with E-state index < -0.39 is 0 Å². The highest BCUT2D eigenvalue weighted by Crippen LogP contribution is 2.36. The van der Waals surface area contributed by atoms with Gasteiger partial charge < -0.3 is 15.0 Å². The van der Waals surface area contributed by atoms with Crippen LogP contribution in [0.5, 0.6) is 5.75 Å². The van der Waals surface area contributed by atoms with Gasteiger partial charge in [-0.15, -0.1) is 0 Å². The van der Waals surface area contributed by atoms with Crippen molar-refractivity contribution >= 4 is 29.2 Å². The Bertz CT molecular complexity index is 988. The summed E-state index contributed by atoms with van der Waals surface area (Å²) in [6, 6.07) is 13.5. The number of urea groups is 1. The van der Waals surface area contributed by atoms with Gasteiger partial charge in [0.25, 0.3) is 0 Å². The van der Waals surface area contributed by atoms with Crippen LogP contribution in [0.15, 0.2) is 42.5 Å². The van der Waals surface area contributed by atoms with Gasteiger partial charge in [-0.3, -0.25) is 9.69 Å². The van der Waals surface area contributed by atoms with Crippen molar-refractivity contribution in [3.8, 4) is 5.75 Å². The summed E-state index contributed by atoms with van der Waals surface area (Å²) in [7, 11) is 0. The van der Waals surface area contributed by atoms with Crippen LogP contribution in [0.2, 0.25) is 5.02 Å². The van der Waals surface area contributed by atoms with Gasteiger partial charge in [0.2, 0.25) is 5.91 Å². The van der Waals surface area contributed by atoms with E-state index in [0.717, 1.165) is 29.0 Å². The number of hydrogen-bond acceptors (Lipinski definition) is 3. The van der Waals surface area contributed by atoms with Crippen LogP contribution in [0, 0.1) is 12.8 Å². The number of anilines is 1. The highest BCUT2D eigenvalue weighted by atomic mass is 35.5. The largest absolute Gasteiger partial charge is 0.486 e. The Labute approximate surface area is 194 Å². The van der Waals surface area contributed by atoms with E-state index in [2.05, 4.69) is 12.2 Å². The fourth-order valence-electron chi connectivity index (χ4n) is 4.32. The molecule has 2 aliphatic rings. The van der Waals surface area contributed by atoms with Crippen molar-refractivity contribution in [2.24, 2.45) is 5.92 Å². The molecule has 0 saturated carbocycles. The molecule has 0 radical (unpaired) electrons. The van der Waals surface area contributed by atoms with Crippen LogP contribution < -0.4 is 15.0 Å². The van der Waals surface area contributed by atoms with Crippen molar-refractivity contribution in [2.75, 3.05) is 24.5 Å². The maximum atomic E-state index is 13.4. The Balaban J connectivity index is 1.36. The molecule has 2 aromatic carbocycles. The predicted molar refractivity (Wildman–Crippen MR) is 126 cm³/mol. The maximum absolute atomic E-state index is 13.4. The first-order valence-electron chi connectivity index (χ1n) is 11.3. The number of piperidine rings is 1. The molecule has 3 amide bonds. The van der Waals surface area contributed by atoms with E-state index in [1.165, 1.54) is 0 Å². The van der Waals surface area contributed by atoms with Gasteiger partial charge in [-0.05, 0) is 55.5 Å². The molecule has 0 spiro atoms. The van der Waals surface area contributed by atoms with Crippen LogP contribution in [-0.2, 0) is 11.3 Å². The van der Waals surface area contributed by atoms with Gasteiger partial charge in [0.15, 0.2) is 0 Å². The number of nitrogens with zero attached hydrogens (tertiary/aromatic N) is 2. The second-order valence-electron chi connectivity index (χ2n) is 8.58. The van der Waals surface area contributed by atoms with E-state index in [4.69, 9.17) is 16.3 Å². The van der Waals surface area contributed by atoms with Gasteiger partial charge in [0.05, 0.1) is 12.2 Å². The van der Waals surface area contributed by atoms with Crippen LogP contribution in [0.3, 0.4) is 0 Å². The zero-order valence-electron chi connectivity index (χ0n) is 18.6. The molecule has 4 rings (SSSR count). The van der Waals surface area contributed by atoms with Gasteiger partial charge >= 0.3 is 6.03 Å². The molecule has 7 heteroatoms. The molecular weight excluding hydrogens is 426 g/mol. The summed E-state index contributed by atoms with van der Waals surface area (Å²) in [6.07, 6.45) is 2.14. The minimum atomic E-state index is -0.0934. The minimum Gasteiger partial charge on any atom is -0.486 e. The zero-order chi connectivity index (χ0) is 22.7. The maximum Gasteiger partial charge on any atom is 0.324 e. The summed E-state index contributed by atoms with van der Waals surface area (Å²) in [6.45, 7) is 6.18. The molecular formula is C25H30ClN3O3. The second kappa shape index (κ2) is 9.82. The third kappa shape index (κ3) is 4.85. The van der Waals surface area contributed by atoms with Crippen LogP contribution >= 0.6 is 11.6 Å². The normalized spacial score (nSPS) is 18.7. The fourth-order valence-corrected chi connectivity index (χ4v) is 4.53. The summed E-state index contributed by atoms with van der Waals surface area (Å²) in [5.74, 6) is 0.690. The quantitative estimate of drug-likeness (QED) is 0.722. The molecule has 0 aromatic heterocycles. The van der Waals surface area contributed by atoms with Gasteiger partial charge in [-0.25, -0.2) is 4.79 Å². The summed E-state index contributed by atoms with van der Waals surface area (Å²) >= 11 is 6.18. The molecule has 6 nitrogen and oxygen atoms in total. The predicted octanol–water partition coefficient (Wildman–Crippen LogP) is 4.77. The highest BCUT2D eigenvalue weighted by molar-refractivity contribution is 6.31. The number of rotatable bonds is 4. The molecule has 0 bridgehead atoms. The summed E-state index contributed by atoms with van der Waals surface area (Å²) < 4.78 is 6.05. The van der Waals surface area contributed by atoms with Crippen LogP contribution in [-0.4, -0.2) is 42.6 Å². The molecule has 0 aliphatic carbocycles. The van der Waals surface area contributed by atoms with E-state index in [9.17, 15) is 9.59 Å². The van der Waals surface area contributed by atoms with Crippen molar-refractivity contribution in [2.45, 2.75) is 45.8 Å². The van der Waals surface area contributed by atoms with Gasteiger partial charge in [0.1, 0.15) is 11.9 Å². The number of benzene rings is 2. The Hall–Kier alpha value is -2.73. The molecule has 1 fully saturated rings. The number of nitrogens with one attached hydrogen (secondary N) is 1. The van der Waals surface area contributed by atoms with E-state index in [0.29, 0.717) is 44.0 Å². The molecule has 32 heavy (non-hydrogen) atoms. The Kier molecular flexibility index (Phi) is 6.89. The molecule has 1 saturated heterocycles. The number of aryl methyl sites for hydroxylation is 1. The number of fused-ring (bicyclic) bond motifs is 1. The molecule has 170 valence electrons. The Morgan fingerprint density at radius 2 is 1.91 bits per heavy atom. The molecule has 0 unspecified atom stereocenters. The Morgan fingerprint density at radius 3 is 2.62 bits per heavy atom. The number of halogens is 1. The number of amides is 3. The van der Waals surface area contributed by atoms with Gasteiger partial charge in [-0.2, -0.15) is 0 Å². The molecule has 1 N–H and O–H groups in total. The van der Waals surface area contributed by atoms with Gasteiger partial charge in [-0.1, -0.05) is 42.8 Å². The van der Waals surface area contributed by atoms with E-state index in [1.807, 2.05) is 59.2 Å². The first-order valence-corrected chi connectivity index (χ1v) is 11.7. The average molecular weight is 456 g/mol. The average Bonchev–Trinajstić information content (AvgIpc) is 2.82. The highest BCUT2D eigenvalue weighted by Gasteiger charge is 2.34. The number of carbonyl (C=O) groups is 2. The summed E-state index contributed by atoms with van der Waals surface area (Å²) in [4.78, 5) is 29.8. The first-order chi connectivity index (χ1) is 15.5. The van der Waals surface area contributed by atoms with Crippen molar-refractivity contribution in [1.29, 1.82) is 0 Å². The van der Waals surface area contributed by atoms with Crippen molar-refractivity contribution in [3.05, 3.63) is 58.6 Å². The fraction of sp³-hybridized carbons (Fsp3) is 0.440. The third-order valence-electron chi connectivity index (χ3n) is 6.32. The topological polar surface area (TPSA) is 61.9 Å². The lowest BCUT2D eigenvalue weighted by Gasteiger charge is -2.39. The minimum absolute atomic E-state index is 0.00599. The van der Waals surface area contributed by atoms with E-state index in [1.54, 1.807) is 0 Å². The lowest BCUT2D eigenvalue weighted by molar-refractivity contribution is -0.126.